The van der Waals surface area contributed by atoms with Gasteiger partial charge in [-0.1, -0.05) is 6.07 Å². The Morgan fingerprint density at radius 3 is 2.81 bits per heavy atom. The number of amides is 1. The van der Waals surface area contributed by atoms with E-state index < -0.39 is 0 Å². The number of carbonyl (C=O) groups excluding carboxylic acids is 1. The number of aryl methyl sites for hydroxylation is 2. The zero-order chi connectivity index (χ0) is 16.8. The standard InChI is InChI=1S/C18H19N5O.2ClH/c1-11-14-9-12(10-20-17(14)22(2)21-11)18(24)23-8-4-5-13-15(19)6-3-7-16(13)23;;/h3,6-7,9-10H,4-5,8,19H2,1-2H3;2*1H. The van der Waals surface area contributed by atoms with Gasteiger partial charge in [-0.2, -0.15) is 5.10 Å². The zero-order valence-corrected chi connectivity index (χ0v) is 16.2. The molecule has 6 nitrogen and oxygen atoms in total. The predicted octanol–water partition coefficient (Wildman–Crippen LogP) is 3.30. The van der Waals surface area contributed by atoms with Crippen molar-refractivity contribution in [3.63, 3.8) is 0 Å². The lowest BCUT2D eigenvalue weighted by molar-refractivity contribution is 0.0985. The van der Waals surface area contributed by atoms with Crippen LogP contribution in [0.15, 0.2) is 30.5 Å². The molecule has 26 heavy (non-hydrogen) atoms. The number of nitrogens with zero attached hydrogens (tertiary/aromatic N) is 4. The second-order valence-corrected chi connectivity index (χ2v) is 6.21. The third kappa shape index (κ3) is 3.10. The van der Waals surface area contributed by atoms with Crippen LogP contribution in [0, 0.1) is 6.92 Å². The average Bonchev–Trinajstić information content (AvgIpc) is 2.88. The Morgan fingerprint density at radius 1 is 1.27 bits per heavy atom. The summed E-state index contributed by atoms with van der Waals surface area (Å²) >= 11 is 0. The van der Waals surface area contributed by atoms with Gasteiger partial charge in [0.1, 0.15) is 0 Å². The number of nitrogens with two attached hydrogens (primary N) is 1. The maximum Gasteiger partial charge on any atom is 0.259 e. The fraction of sp³-hybridized carbons (Fsp3) is 0.278. The first-order valence-electron chi connectivity index (χ1n) is 8.05. The molecule has 1 amide bonds. The Morgan fingerprint density at radius 2 is 2.04 bits per heavy atom. The fourth-order valence-corrected chi connectivity index (χ4v) is 3.44. The molecule has 0 unspecified atom stereocenters. The molecular formula is C18H21Cl2N5O. The first-order valence-corrected chi connectivity index (χ1v) is 8.05. The lowest BCUT2D eigenvalue weighted by Gasteiger charge is -2.30. The highest BCUT2D eigenvalue weighted by atomic mass is 35.5. The van der Waals surface area contributed by atoms with E-state index in [-0.39, 0.29) is 30.7 Å². The number of aromatic nitrogens is 3. The number of carbonyl (C=O) groups is 1. The molecule has 0 bridgehead atoms. The van der Waals surface area contributed by atoms with Crippen LogP contribution in [-0.4, -0.2) is 27.2 Å². The van der Waals surface area contributed by atoms with Gasteiger partial charge in [-0.3, -0.25) is 9.48 Å². The number of benzene rings is 1. The van der Waals surface area contributed by atoms with Crippen LogP contribution in [0.1, 0.15) is 28.0 Å². The Kier molecular flexibility index (Phi) is 5.78. The minimum atomic E-state index is -0.0424. The van der Waals surface area contributed by atoms with Crippen molar-refractivity contribution in [1.29, 1.82) is 0 Å². The van der Waals surface area contributed by atoms with Crippen LogP contribution >= 0.6 is 24.8 Å². The van der Waals surface area contributed by atoms with Gasteiger partial charge in [0.05, 0.1) is 11.3 Å². The van der Waals surface area contributed by atoms with Crippen LogP contribution in [-0.2, 0) is 13.5 Å². The molecule has 1 aliphatic heterocycles. The van der Waals surface area contributed by atoms with Crippen molar-refractivity contribution in [2.75, 3.05) is 17.2 Å². The highest BCUT2D eigenvalue weighted by Gasteiger charge is 2.25. The number of hydrogen-bond acceptors (Lipinski definition) is 4. The van der Waals surface area contributed by atoms with Gasteiger partial charge in [0.15, 0.2) is 5.65 Å². The lowest BCUT2D eigenvalue weighted by Crippen LogP contribution is -2.35. The van der Waals surface area contributed by atoms with Crippen LogP contribution in [0.25, 0.3) is 11.0 Å². The summed E-state index contributed by atoms with van der Waals surface area (Å²) in [5, 5.41) is 5.27. The SMILES string of the molecule is Cc1nn(C)c2ncc(C(=O)N3CCCc4c(N)cccc43)cc12.Cl.Cl. The average molecular weight is 394 g/mol. The normalized spacial score (nSPS) is 12.9. The quantitative estimate of drug-likeness (QED) is 0.643. The summed E-state index contributed by atoms with van der Waals surface area (Å²) in [6.07, 6.45) is 3.45. The first-order chi connectivity index (χ1) is 11.6. The largest absolute Gasteiger partial charge is 0.398 e. The molecule has 1 aromatic carbocycles. The molecule has 2 N–H and O–H groups in total. The van der Waals surface area contributed by atoms with Crippen LogP contribution in [0.4, 0.5) is 11.4 Å². The van der Waals surface area contributed by atoms with Gasteiger partial charge in [-0.05, 0) is 43.5 Å². The molecule has 138 valence electrons. The number of hydrogen-bond donors (Lipinski definition) is 1. The highest BCUT2D eigenvalue weighted by Crippen LogP contribution is 2.32. The van der Waals surface area contributed by atoms with E-state index in [0.29, 0.717) is 12.1 Å². The van der Waals surface area contributed by atoms with Gasteiger partial charge >= 0.3 is 0 Å². The minimum Gasteiger partial charge on any atom is -0.398 e. The first kappa shape index (κ1) is 20.0. The Bertz CT molecular complexity index is 970. The molecule has 0 saturated carbocycles. The van der Waals surface area contributed by atoms with E-state index in [0.717, 1.165) is 46.5 Å². The van der Waals surface area contributed by atoms with E-state index in [2.05, 4.69) is 10.1 Å². The second kappa shape index (κ2) is 7.51. The monoisotopic (exact) mass is 393 g/mol. The summed E-state index contributed by atoms with van der Waals surface area (Å²) in [7, 11) is 1.85. The van der Waals surface area contributed by atoms with Gasteiger partial charge in [-0.25, -0.2) is 4.98 Å². The summed E-state index contributed by atoms with van der Waals surface area (Å²) in [6.45, 7) is 2.62. The number of fused-ring (bicyclic) bond motifs is 2. The Balaban J connectivity index is 0.00000121. The van der Waals surface area contributed by atoms with E-state index >= 15 is 0 Å². The number of anilines is 2. The smallest absolute Gasteiger partial charge is 0.259 e. The third-order valence-corrected chi connectivity index (χ3v) is 4.64. The molecule has 0 saturated heterocycles. The van der Waals surface area contributed by atoms with Crippen molar-refractivity contribution < 1.29 is 4.79 Å². The summed E-state index contributed by atoms with van der Waals surface area (Å²) in [4.78, 5) is 19.3. The summed E-state index contributed by atoms with van der Waals surface area (Å²) in [5.41, 5.74) is 11.0. The lowest BCUT2D eigenvalue weighted by atomic mass is 9.99. The molecule has 2 aromatic heterocycles. The molecule has 0 aliphatic carbocycles. The third-order valence-electron chi connectivity index (χ3n) is 4.64. The van der Waals surface area contributed by atoms with Crippen molar-refractivity contribution in [1.82, 2.24) is 14.8 Å². The highest BCUT2D eigenvalue weighted by molar-refractivity contribution is 6.08. The van der Waals surface area contributed by atoms with Gasteiger partial charge < -0.3 is 10.6 Å². The molecule has 0 spiro atoms. The van der Waals surface area contributed by atoms with Crippen molar-refractivity contribution in [3.8, 4) is 0 Å². The van der Waals surface area contributed by atoms with Gasteiger partial charge in [0, 0.05) is 36.6 Å². The van der Waals surface area contributed by atoms with Crippen molar-refractivity contribution >= 4 is 53.1 Å². The molecule has 8 heteroatoms. The molecule has 0 atom stereocenters. The van der Waals surface area contributed by atoms with E-state index in [1.807, 2.05) is 43.1 Å². The van der Waals surface area contributed by atoms with E-state index in [1.54, 1.807) is 10.9 Å². The van der Waals surface area contributed by atoms with Gasteiger partial charge in [0.2, 0.25) is 0 Å². The fourth-order valence-electron chi connectivity index (χ4n) is 3.44. The van der Waals surface area contributed by atoms with Crippen molar-refractivity contribution in [2.45, 2.75) is 19.8 Å². The van der Waals surface area contributed by atoms with Gasteiger partial charge in [-0.15, -0.1) is 24.8 Å². The summed E-state index contributed by atoms with van der Waals surface area (Å²) in [5.74, 6) is -0.0424. The van der Waals surface area contributed by atoms with E-state index in [4.69, 9.17) is 5.73 Å². The predicted molar refractivity (Wildman–Crippen MR) is 109 cm³/mol. The van der Waals surface area contributed by atoms with Crippen molar-refractivity contribution in [2.24, 2.45) is 7.05 Å². The topological polar surface area (TPSA) is 77.0 Å². The Hall–Kier alpha value is -2.31. The minimum absolute atomic E-state index is 0. The number of halogens is 2. The van der Waals surface area contributed by atoms with Crippen LogP contribution in [0.3, 0.4) is 0 Å². The molecule has 1 aliphatic rings. The van der Waals surface area contributed by atoms with Gasteiger partial charge in [0.25, 0.3) is 5.91 Å². The molecule has 0 radical (unpaired) electrons. The molecular weight excluding hydrogens is 373 g/mol. The summed E-state index contributed by atoms with van der Waals surface area (Å²) in [6, 6.07) is 7.63. The van der Waals surface area contributed by atoms with Crippen LogP contribution in [0.2, 0.25) is 0 Å². The Labute approximate surface area is 164 Å². The van der Waals surface area contributed by atoms with Crippen molar-refractivity contribution in [3.05, 3.63) is 47.3 Å². The van der Waals surface area contributed by atoms with E-state index in [1.165, 1.54) is 0 Å². The van der Waals surface area contributed by atoms with Crippen LogP contribution in [0.5, 0.6) is 0 Å². The number of pyridine rings is 1. The number of rotatable bonds is 1. The molecule has 4 rings (SSSR count). The van der Waals surface area contributed by atoms with E-state index in [9.17, 15) is 4.79 Å². The molecule has 3 aromatic rings. The zero-order valence-electron chi connectivity index (χ0n) is 14.6. The summed E-state index contributed by atoms with van der Waals surface area (Å²) < 4.78 is 1.73. The second-order valence-electron chi connectivity index (χ2n) is 6.21. The molecule has 3 heterocycles. The maximum absolute atomic E-state index is 13.1. The number of nitrogen functional groups attached to an aromatic ring is 1. The van der Waals surface area contributed by atoms with Crippen LogP contribution < -0.4 is 10.6 Å². The molecule has 0 fully saturated rings. The maximum atomic E-state index is 13.1.